The number of amides is 2. The number of carbonyl (C=O) groups is 2. The molecule has 0 fully saturated rings. The number of benzene rings is 2. The molecule has 0 radical (unpaired) electrons. The molecule has 3 rings (SSSR count). The predicted octanol–water partition coefficient (Wildman–Crippen LogP) is 4.81. The van der Waals surface area contributed by atoms with Crippen molar-refractivity contribution in [2.24, 2.45) is 0 Å². The van der Waals surface area contributed by atoms with Crippen molar-refractivity contribution in [2.45, 2.75) is 0 Å². The quantitative estimate of drug-likeness (QED) is 0.622. The summed E-state index contributed by atoms with van der Waals surface area (Å²) in [6.45, 7) is 0. The Kier molecular flexibility index (Phi) is 5.84. The van der Waals surface area contributed by atoms with Gasteiger partial charge in [0.05, 0.1) is 0 Å². The molecule has 26 heavy (non-hydrogen) atoms. The second kappa shape index (κ2) is 8.47. The molecular weight excluding hydrogens is 368 g/mol. The van der Waals surface area contributed by atoms with E-state index in [1.807, 2.05) is 23.6 Å². The molecule has 0 aliphatic rings. The molecule has 4 nitrogen and oxygen atoms in total. The first kappa shape index (κ1) is 17.9. The van der Waals surface area contributed by atoms with E-state index in [2.05, 4.69) is 10.6 Å². The van der Waals surface area contributed by atoms with Crippen molar-refractivity contribution in [3.05, 3.63) is 93.3 Å². The highest BCUT2D eigenvalue weighted by molar-refractivity contribution is 7.10. The SMILES string of the molecule is O=C(Nc1ccc(Cl)cc1)C(=Cc1cccs1)NC(=O)c1ccccc1. The second-order valence-electron chi connectivity index (χ2n) is 5.35. The lowest BCUT2D eigenvalue weighted by Gasteiger charge is -2.11. The Labute approximate surface area is 160 Å². The third-order valence-electron chi connectivity index (χ3n) is 3.46. The van der Waals surface area contributed by atoms with Gasteiger partial charge in [-0.2, -0.15) is 0 Å². The standard InChI is InChI=1S/C20H15ClN2O2S/c21-15-8-10-16(11-9-15)22-20(25)18(13-17-7-4-12-26-17)23-19(24)14-5-2-1-3-6-14/h1-13H,(H,22,25)(H,23,24). The second-order valence-corrected chi connectivity index (χ2v) is 6.77. The van der Waals surface area contributed by atoms with Gasteiger partial charge in [0.25, 0.3) is 11.8 Å². The first-order valence-corrected chi connectivity index (χ1v) is 9.06. The van der Waals surface area contributed by atoms with Crippen LogP contribution in [0.1, 0.15) is 15.2 Å². The van der Waals surface area contributed by atoms with Gasteiger partial charge in [-0.25, -0.2) is 0 Å². The summed E-state index contributed by atoms with van der Waals surface area (Å²) in [5.41, 5.74) is 1.23. The van der Waals surface area contributed by atoms with Crippen LogP contribution in [-0.2, 0) is 4.79 Å². The van der Waals surface area contributed by atoms with Crippen LogP contribution >= 0.6 is 22.9 Å². The summed E-state index contributed by atoms with van der Waals surface area (Å²) in [7, 11) is 0. The molecule has 0 aliphatic heterocycles. The van der Waals surface area contributed by atoms with Crippen LogP contribution < -0.4 is 10.6 Å². The number of hydrogen-bond acceptors (Lipinski definition) is 3. The van der Waals surface area contributed by atoms with Gasteiger partial charge in [-0.3, -0.25) is 9.59 Å². The largest absolute Gasteiger partial charge is 0.321 e. The smallest absolute Gasteiger partial charge is 0.272 e. The number of hydrogen-bond donors (Lipinski definition) is 2. The Balaban J connectivity index is 1.82. The molecular formula is C20H15ClN2O2S. The minimum absolute atomic E-state index is 0.163. The van der Waals surface area contributed by atoms with E-state index < -0.39 is 5.91 Å². The van der Waals surface area contributed by atoms with Crippen LogP contribution in [0.4, 0.5) is 5.69 Å². The zero-order valence-electron chi connectivity index (χ0n) is 13.6. The molecule has 0 bridgehead atoms. The van der Waals surface area contributed by atoms with E-state index in [0.717, 1.165) is 4.88 Å². The van der Waals surface area contributed by atoms with E-state index in [-0.39, 0.29) is 11.6 Å². The maximum absolute atomic E-state index is 12.7. The third-order valence-corrected chi connectivity index (χ3v) is 4.53. The number of halogens is 1. The van der Waals surface area contributed by atoms with Crippen LogP contribution in [0, 0.1) is 0 Å². The molecule has 0 saturated heterocycles. The Morgan fingerprint density at radius 3 is 2.31 bits per heavy atom. The molecule has 0 atom stereocenters. The Hall–Kier alpha value is -2.89. The van der Waals surface area contributed by atoms with Crippen LogP contribution in [0.25, 0.3) is 6.08 Å². The molecule has 130 valence electrons. The fourth-order valence-corrected chi connectivity index (χ4v) is 2.97. The molecule has 0 spiro atoms. The monoisotopic (exact) mass is 382 g/mol. The molecule has 2 amide bonds. The maximum Gasteiger partial charge on any atom is 0.272 e. The number of thiophene rings is 1. The van der Waals surface area contributed by atoms with Gasteiger partial charge in [0.15, 0.2) is 0 Å². The summed E-state index contributed by atoms with van der Waals surface area (Å²) in [6, 6.07) is 19.3. The highest BCUT2D eigenvalue weighted by atomic mass is 35.5. The number of anilines is 1. The summed E-state index contributed by atoms with van der Waals surface area (Å²) in [4.78, 5) is 26.0. The topological polar surface area (TPSA) is 58.2 Å². The fourth-order valence-electron chi connectivity index (χ4n) is 2.19. The van der Waals surface area contributed by atoms with Gasteiger partial charge < -0.3 is 10.6 Å². The highest BCUT2D eigenvalue weighted by Gasteiger charge is 2.15. The average Bonchev–Trinajstić information content (AvgIpc) is 3.17. The molecule has 6 heteroatoms. The zero-order valence-corrected chi connectivity index (χ0v) is 15.2. The average molecular weight is 383 g/mol. The van der Waals surface area contributed by atoms with Crippen molar-refractivity contribution in [1.82, 2.24) is 5.32 Å². The number of nitrogens with one attached hydrogen (secondary N) is 2. The number of carbonyl (C=O) groups excluding carboxylic acids is 2. The Morgan fingerprint density at radius 1 is 0.923 bits per heavy atom. The summed E-state index contributed by atoms with van der Waals surface area (Å²) < 4.78 is 0. The Bertz CT molecular complexity index is 920. The van der Waals surface area contributed by atoms with Gasteiger partial charge in [-0.15, -0.1) is 11.3 Å². The lowest BCUT2D eigenvalue weighted by Crippen LogP contribution is -2.30. The Morgan fingerprint density at radius 2 is 1.65 bits per heavy atom. The molecule has 2 aromatic carbocycles. The van der Waals surface area contributed by atoms with Gasteiger partial charge in [0, 0.05) is 21.2 Å². The van der Waals surface area contributed by atoms with Gasteiger partial charge in [-0.1, -0.05) is 35.9 Å². The molecule has 1 aromatic heterocycles. The van der Waals surface area contributed by atoms with E-state index in [9.17, 15) is 9.59 Å². The van der Waals surface area contributed by atoms with Crippen LogP contribution in [0.15, 0.2) is 77.8 Å². The molecule has 1 heterocycles. The van der Waals surface area contributed by atoms with E-state index in [1.54, 1.807) is 54.6 Å². The van der Waals surface area contributed by atoms with Gasteiger partial charge in [0.2, 0.25) is 0 Å². The molecule has 2 N–H and O–H groups in total. The molecule has 0 aliphatic carbocycles. The van der Waals surface area contributed by atoms with Crippen molar-refractivity contribution < 1.29 is 9.59 Å². The van der Waals surface area contributed by atoms with Crippen molar-refractivity contribution in [2.75, 3.05) is 5.32 Å². The molecule has 0 saturated carbocycles. The summed E-state index contributed by atoms with van der Waals surface area (Å²) in [5.74, 6) is -0.760. The van der Waals surface area contributed by atoms with Crippen molar-refractivity contribution >= 4 is 46.5 Å². The van der Waals surface area contributed by atoms with Gasteiger partial charge in [-0.05, 0) is 53.9 Å². The van der Waals surface area contributed by atoms with Crippen molar-refractivity contribution in [1.29, 1.82) is 0 Å². The predicted molar refractivity (Wildman–Crippen MR) is 106 cm³/mol. The minimum Gasteiger partial charge on any atom is -0.321 e. The van der Waals surface area contributed by atoms with Crippen LogP contribution in [0.3, 0.4) is 0 Å². The highest BCUT2D eigenvalue weighted by Crippen LogP contribution is 2.16. The van der Waals surface area contributed by atoms with E-state index in [1.165, 1.54) is 11.3 Å². The number of rotatable bonds is 5. The van der Waals surface area contributed by atoms with Crippen LogP contribution in [-0.4, -0.2) is 11.8 Å². The van der Waals surface area contributed by atoms with E-state index in [4.69, 9.17) is 11.6 Å². The van der Waals surface area contributed by atoms with Crippen LogP contribution in [0.5, 0.6) is 0 Å². The third kappa shape index (κ3) is 4.81. The summed E-state index contributed by atoms with van der Waals surface area (Å²) in [6.07, 6.45) is 1.65. The van der Waals surface area contributed by atoms with Gasteiger partial charge in [0.1, 0.15) is 5.70 Å². The lowest BCUT2D eigenvalue weighted by molar-refractivity contribution is -0.113. The van der Waals surface area contributed by atoms with E-state index in [0.29, 0.717) is 16.3 Å². The van der Waals surface area contributed by atoms with E-state index >= 15 is 0 Å². The summed E-state index contributed by atoms with van der Waals surface area (Å²) >= 11 is 7.34. The van der Waals surface area contributed by atoms with Crippen LogP contribution in [0.2, 0.25) is 5.02 Å². The summed E-state index contributed by atoms with van der Waals surface area (Å²) in [5, 5.41) is 7.94. The fraction of sp³-hybridized carbons (Fsp3) is 0. The molecule has 0 unspecified atom stereocenters. The lowest BCUT2D eigenvalue weighted by atomic mass is 10.2. The van der Waals surface area contributed by atoms with Gasteiger partial charge >= 0.3 is 0 Å². The van der Waals surface area contributed by atoms with Crippen molar-refractivity contribution in [3.8, 4) is 0 Å². The maximum atomic E-state index is 12.7. The minimum atomic E-state index is -0.412. The normalized spacial score (nSPS) is 11.0. The zero-order chi connectivity index (χ0) is 18.4. The first-order valence-electron chi connectivity index (χ1n) is 7.80. The first-order chi connectivity index (χ1) is 12.6. The van der Waals surface area contributed by atoms with Crippen molar-refractivity contribution in [3.63, 3.8) is 0 Å². The molecule has 3 aromatic rings.